The number of benzene rings is 2. The minimum atomic E-state index is -0.613. The maximum absolute atomic E-state index is 14.9. The SMILES string of the molecule is N[N+]12C=CN=CC1=C(C1=CC=C1)N=C2c1ccc(C(=O)c2ccccc2)c(F)c1. The summed E-state index contributed by atoms with van der Waals surface area (Å²) in [6.07, 6.45) is 10.8. The highest BCUT2D eigenvalue weighted by molar-refractivity contribution is 6.10. The second-order valence-electron chi connectivity index (χ2n) is 6.89. The highest BCUT2D eigenvalue weighted by atomic mass is 19.1. The van der Waals surface area contributed by atoms with Crippen LogP contribution in [0.25, 0.3) is 0 Å². The predicted molar refractivity (Wildman–Crippen MR) is 109 cm³/mol. The summed E-state index contributed by atoms with van der Waals surface area (Å²) in [6, 6.07) is 13.1. The molecule has 0 fully saturated rings. The molecule has 0 saturated carbocycles. The Bertz CT molecular complexity index is 1230. The minimum absolute atomic E-state index is 0.0101. The van der Waals surface area contributed by atoms with Crippen LogP contribution in [0.15, 0.2) is 106 Å². The van der Waals surface area contributed by atoms with E-state index in [4.69, 9.17) is 10.8 Å². The summed E-state index contributed by atoms with van der Waals surface area (Å²) >= 11 is 0. The van der Waals surface area contributed by atoms with E-state index in [-0.39, 0.29) is 15.9 Å². The average Bonchev–Trinajstić information content (AvgIpc) is 3.00. The summed E-state index contributed by atoms with van der Waals surface area (Å²) < 4.78 is 14.7. The number of hydrogen-bond acceptors (Lipinski definition) is 4. The van der Waals surface area contributed by atoms with Crippen LogP contribution in [0.3, 0.4) is 0 Å². The second kappa shape index (κ2) is 6.41. The van der Waals surface area contributed by atoms with Crippen molar-refractivity contribution in [1.29, 1.82) is 0 Å². The number of halogens is 1. The Labute approximate surface area is 166 Å². The van der Waals surface area contributed by atoms with Crippen LogP contribution in [0.4, 0.5) is 4.39 Å². The predicted octanol–water partition coefficient (Wildman–Crippen LogP) is 3.77. The number of fused-ring (bicyclic) bond motifs is 1. The van der Waals surface area contributed by atoms with E-state index in [9.17, 15) is 9.18 Å². The quantitative estimate of drug-likeness (QED) is 0.496. The van der Waals surface area contributed by atoms with Crippen LogP contribution >= 0.6 is 0 Å². The molecule has 0 amide bonds. The van der Waals surface area contributed by atoms with Crippen molar-refractivity contribution in [3.63, 3.8) is 0 Å². The van der Waals surface area contributed by atoms with Gasteiger partial charge in [0.05, 0.1) is 23.5 Å². The normalized spacial score (nSPS) is 21.6. The smallest absolute Gasteiger partial charge is 0.265 e. The molecule has 2 aromatic carbocycles. The van der Waals surface area contributed by atoms with E-state index in [1.54, 1.807) is 48.9 Å². The third kappa shape index (κ3) is 2.66. The first-order valence-electron chi connectivity index (χ1n) is 9.09. The van der Waals surface area contributed by atoms with Gasteiger partial charge in [0, 0.05) is 11.1 Å². The number of ketones is 1. The third-order valence-corrected chi connectivity index (χ3v) is 5.13. The Morgan fingerprint density at radius 2 is 1.90 bits per heavy atom. The minimum Gasteiger partial charge on any atom is -0.288 e. The fraction of sp³-hybridized carbons (Fsp3) is 0. The van der Waals surface area contributed by atoms with Crippen molar-refractivity contribution < 1.29 is 13.8 Å². The van der Waals surface area contributed by atoms with Crippen LogP contribution in [-0.4, -0.2) is 22.4 Å². The Morgan fingerprint density at radius 3 is 2.59 bits per heavy atom. The number of aliphatic imine (C=N–C) groups is 2. The van der Waals surface area contributed by atoms with Crippen molar-refractivity contribution in [2.45, 2.75) is 0 Å². The van der Waals surface area contributed by atoms with Gasteiger partial charge in [-0.25, -0.2) is 4.39 Å². The Morgan fingerprint density at radius 1 is 1.10 bits per heavy atom. The molecule has 2 aliphatic heterocycles. The fourth-order valence-corrected chi connectivity index (χ4v) is 3.52. The van der Waals surface area contributed by atoms with E-state index >= 15 is 0 Å². The lowest BCUT2D eigenvalue weighted by atomic mass is 10.0. The van der Waals surface area contributed by atoms with Crippen LogP contribution in [0.1, 0.15) is 21.5 Å². The van der Waals surface area contributed by atoms with Gasteiger partial charge in [0.15, 0.2) is 5.78 Å². The van der Waals surface area contributed by atoms with Crippen molar-refractivity contribution >= 4 is 17.8 Å². The number of carbonyl (C=O) groups excluding carboxylic acids is 1. The lowest BCUT2D eigenvalue weighted by Gasteiger charge is -2.26. The van der Waals surface area contributed by atoms with E-state index in [2.05, 4.69) is 4.99 Å². The highest BCUT2D eigenvalue weighted by Gasteiger charge is 2.45. The molecule has 0 saturated heterocycles. The molecule has 2 aromatic rings. The van der Waals surface area contributed by atoms with Crippen LogP contribution in [0.2, 0.25) is 0 Å². The molecule has 6 heteroatoms. The standard InChI is InChI=1S/C23H16FN4O/c24-19-13-17(9-10-18(19)22(29)16-5-2-1-3-6-16)23-27-21(15-7-4-8-15)20-14-26-11-12-28(20,23)25/h1-14H,25H2/q+1. The van der Waals surface area contributed by atoms with Gasteiger partial charge in [-0.1, -0.05) is 48.6 Å². The van der Waals surface area contributed by atoms with E-state index < -0.39 is 5.82 Å². The molecule has 29 heavy (non-hydrogen) atoms. The van der Waals surface area contributed by atoms with Gasteiger partial charge in [-0.3, -0.25) is 9.79 Å². The lowest BCUT2D eigenvalue weighted by molar-refractivity contribution is -0.750. The number of rotatable bonds is 4. The molecule has 1 atom stereocenters. The van der Waals surface area contributed by atoms with Crippen LogP contribution in [0, 0.1) is 5.82 Å². The summed E-state index contributed by atoms with van der Waals surface area (Å²) in [5.74, 6) is 6.11. The zero-order chi connectivity index (χ0) is 20.0. The molecule has 5 nitrogen and oxygen atoms in total. The summed E-state index contributed by atoms with van der Waals surface area (Å²) in [5, 5.41) is 0. The lowest BCUT2D eigenvalue weighted by Crippen LogP contribution is -2.53. The average molecular weight is 383 g/mol. The molecule has 5 rings (SSSR count). The van der Waals surface area contributed by atoms with Gasteiger partial charge in [0.2, 0.25) is 5.70 Å². The molecule has 3 aliphatic rings. The van der Waals surface area contributed by atoms with Crippen LogP contribution in [0.5, 0.6) is 0 Å². The number of nitrogens with zero attached hydrogens (tertiary/aromatic N) is 3. The number of allylic oxidation sites excluding steroid dienone is 4. The fourth-order valence-electron chi connectivity index (χ4n) is 3.52. The van der Waals surface area contributed by atoms with Crippen molar-refractivity contribution in [2.24, 2.45) is 15.8 Å². The molecule has 0 radical (unpaired) electrons. The summed E-state index contributed by atoms with van der Waals surface area (Å²) in [4.78, 5) is 21.5. The van der Waals surface area contributed by atoms with Crippen LogP contribution < -0.4 is 5.84 Å². The Balaban J connectivity index is 1.55. The number of hydrogen-bond donors (Lipinski definition) is 1. The molecule has 0 spiro atoms. The maximum Gasteiger partial charge on any atom is 0.265 e. The van der Waals surface area contributed by atoms with Crippen molar-refractivity contribution in [1.82, 2.24) is 0 Å². The molecule has 1 aliphatic carbocycles. The monoisotopic (exact) mass is 383 g/mol. The summed E-state index contributed by atoms with van der Waals surface area (Å²) in [7, 11) is 0. The topological polar surface area (TPSA) is 67.8 Å². The second-order valence-corrected chi connectivity index (χ2v) is 6.89. The van der Waals surface area contributed by atoms with E-state index in [1.807, 2.05) is 24.3 Å². The van der Waals surface area contributed by atoms with E-state index in [1.165, 1.54) is 12.1 Å². The Kier molecular flexibility index (Phi) is 3.84. The van der Waals surface area contributed by atoms with E-state index in [0.717, 1.165) is 5.57 Å². The molecule has 0 bridgehead atoms. The van der Waals surface area contributed by atoms with Gasteiger partial charge in [-0.05, 0) is 18.2 Å². The third-order valence-electron chi connectivity index (χ3n) is 5.13. The maximum atomic E-state index is 14.9. The molecule has 2 heterocycles. The number of amidine groups is 1. The number of nitrogens with two attached hydrogens (primary N) is 1. The largest absolute Gasteiger partial charge is 0.288 e. The Hall–Kier alpha value is -3.74. The van der Waals surface area contributed by atoms with E-state index in [0.29, 0.717) is 28.4 Å². The van der Waals surface area contributed by atoms with Gasteiger partial charge >= 0.3 is 0 Å². The molecule has 1 unspecified atom stereocenters. The first-order valence-corrected chi connectivity index (χ1v) is 9.09. The number of carbonyl (C=O) groups is 1. The van der Waals surface area contributed by atoms with Gasteiger partial charge in [0.25, 0.3) is 5.84 Å². The van der Waals surface area contributed by atoms with Gasteiger partial charge in [0.1, 0.15) is 17.7 Å². The van der Waals surface area contributed by atoms with Gasteiger partial charge in [-0.15, -0.1) is 4.59 Å². The van der Waals surface area contributed by atoms with Crippen molar-refractivity contribution in [2.75, 3.05) is 0 Å². The zero-order valence-corrected chi connectivity index (χ0v) is 15.3. The summed E-state index contributed by atoms with van der Waals surface area (Å²) in [6.45, 7) is 0. The van der Waals surface area contributed by atoms with Crippen molar-refractivity contribution in [3.8, 4) is 0 Å². The first-order chi connectivity index (χ1) is 14.1. The summed E-state index contributed by atoms with van der Waals surface area (Å²) in [5.41, 5.74) is 3.32. The van der Waals surface area contributed by atoms with Gasteiger partial charge < -0.3 is 0 Å². The highest BCUT2D eigenvalue weighted by Crippen LogP contribution is 2.36. The molecular formula is C23H16FN4O+. The first kappa shape index (κ1) is 17.4. The van der Waals surface area contributed by atoms with Crippen molar-refractivity contribution in [3.05, 3.63) is 119 Å². The number of quaternary nitrogens is 1. The van der Waals surface area contributed by atoms with Gasteiger partial charge in [-0.2, -0.15) is 10.8 Å². The van der Waals surface area contributed by atoms with Crippen LogP contribution in [-0.2, 0) is 0 Å². The molecule has 0 aromatic heterocycles. The molecule has 2 N–H and O–H groups in total. The molecule has 140 valence electrons. The zero-order valence-electron chi connectivity index (χ0n) is 15.3. The molecular weight excluding hydrogens is 367 g/mol.